The van der Waals surface area contributed by atoms with Crippen molar-refractivity contribution in [3.63, 3.8) is 0 Å². The van der Waals surface area contributed by atoms with E-state index < -0.39 is 17.3 Å². The fourth-order valence-electron chi connectivity index (χ4n) is 3.38. The molecule has 0 aromatic heterocycles. The van der Waals surface area contributed by atoms with Crippen LogP contribution >= 0.6 is 11.6 Å². The number of anilines is 1. The zero-order valence-electron chi connectivity index (χ0n) is 13.3. The Morgan fingerprint density at radius 3 is 2.38 bits per heavy atom. The number of carboxylic acids is 1. The Bertz CT molecular complexity index is 654. The van der Waals surface area contributed by atoms with Gasteiger partial charge in [0.1, 0.15) is 0 Å². The first-order chi connectivity index (χ1) is 11.3. The van der Waals surface area contributed by atoms with E-state index in [1.807, 2.05) is 0 Å². The molecule has 6 nitrogen and oxygen atoms in total. The number of halogens is 1. The van der Waals surface area contributed by atoms with Gasteiger partial charge in [-0.2, -0.15) is 0 Å². The molecule has 0 atom stereocenters. The summed E-state index contributed by atoms with van der Waals surface area (Å²) in [4.78, 5) is 34.7. The molecule has 1 fully saturated rings. The van der Waals surface area contributed by atoms with Crippen LogP contribution in [0.1, 0.15) is 55.3 Å². The van der Waals surface area contributed by atoms with Crippen molar-refractivity contribution in [3.8, 4) is 0 Å². The second kappa shape index (κ2) is 7.66. The van der Waals surface area contributed by atoms with Gasteiger partial charge in [0, 0.05) is 12.1 Å². The highest BCUT2D eigenvalue weighted by Crippen LogP contribution is 2.42. The van der Waals surface area contributed by atoms with Crippen LogP contribution in [0, 0.1) is 5.41 Å². The van der Waals surface area contributed by atoms with Crippen LogP contribution in [0.2, 0.25) is 5.02 Å². The van der Waals surface area contributed by atoms with E-state index in [-0.39, 0.29) is 29.3 Å². The Morgan fingerprint density at radius 1 is 1.17 bits per heavy atom. The molecule has 1 saturated carbocycles. The highest BCUT2D eigenvalue weighted by molar-refractivity contribution is 6.34. The minimum Gasteiger partial charge on any atom is -0.481 e. The SMILES string of the molecule is NC(=O)c1ccc(NC(=O)CC2(CC(=O)O)CCCCC2)cc1Cl. The third kappa shape index (κ3) is 4.71. The Morgan fingerprint density at radius 2 is 1.83 bits per heavy atom. The highest BCUT2D eigenvalue weighted by Gasteiger charge is 2.36. The summed E-state index contributed by atoms with van der Waals surface area (Å²) in [5.41, 5.74) is 5.35. The minimum atomic E-state index is -0.876. The van der Waals surface area contributed by atoms with Gasteiger partial charge in [0.2, 0.25) is 11.8 Å². The lowest BCUT2D eigenvalue weighted by Crippen LogP contribution is -2.32. The maximum absolute atomic E-state index is 12.4. The maximum Gasteiger partial charge on any atom is 0.303 e. The average molecular weight is 353 g/mol. The lowest BCUT2D eigenvalue weighted by atomic mass is 9.69. The molecule has 0 saturated heterocycles. The van der Waals surface area contributed by atoms with Gasteiger partial charge in [0.05, 0.1) is 17.0 Å². The molecule has 0 bridgehead atoms. The molecule has 2 amide bonds. The third-order valence-electron chi connectivity index (χ3n) is 4.49. The summed E-state index contributed by atoms with van der Waals surface area (Å²) in [6.45, 7) is 0. The van der Waals surface area contributed by atoms with Crippen molar-refractivity contribution in [1.82, 2.24) is 0 Å². The van der Waals surface area contributed by atoms with Crippen molar-refractivity contribution in [2.24, 2.45) is 11.1 Å². The van der Waals surface area contributed by atoms with Crippen LogP contribution in [0.4, 0.5) is 5.69 Å². The van der Waals surface area contributed by atoms with Gasteiger partial charge in [0.15, 0.2) is 0 Å². The number of carboxylic acid groups (broad SMARTS) is 1. The molecule has 1 aliphatic carbocycles. The Hall–Kier alpha value is -2.08. The van der Waals surface area contributed by atoms with Crippen LogP contribution in [0.3, 0.4) is 0 Å². The van der Waals surface area contributed by atoms with E-state index in [2.05, 4.69) is 5.32 Å². The van der Waals surface area contributed by atoms with E-state index in [4.69, 9.17) is 22.4 Å². The molecule has 2 rings (SSSR count). The van der Waals surface area contributed by atoms with Crippen LogP contribution in [0.15, 0.2) is 18.2 Å². The number of carbonyl (C=O) groups is 3. The van der Waals surface area contributed by atoms with Crippen molar-refractivity contribution in [2.45, 2.75) is 44.9 Å². The Labute approximate surface area is 145 Å². The lowest BCUT2D eigenvalue weighted by molar-refractivity contribution is -0.140. The van der Waals surface area contributed by atoms with Gasteiger partial charge >= 0.3 is 5.97 Å². The van der Waals surface area contributed by atoms with Crippen molar-refractivity contribution in [3.05, 3.63) is 28.8 Å². The highest BCUT2D eigenvalue weighted by atomic mass is 35.5. The van der Waals surface area contributed by atoms with Gasteiger partial charge in [-0.1, -0.05) is 30.9 Å². The number of carbonyl (C=O) groups excluding carboxylic acids is 2. The van der Waals surface area contributed by atoms with Gasteiger partial charge in [0.25, 0.3) is 0 Å². The minimum absolute atomic E-state index is 0.00178. The monoisotopic (exact) mass is 352 g/mol. The molecule has 1 aromatic carbocycles. The standard InChI is InChI=1S/C17H21ClN2O4/c18-13-8-11(4-5-12(13)16(19)24)20-14(21)9-17(10-15(22)23)6-2-1-3-7-17/h4-5,8H,1-3,6-7,9-10H2,(H2,19,24)(H,20,21)(H,22,23). The molecule has 0 heterocycles. The van der Waals surface area contributed by atoms with Gasteiger partial charge < -0.3 is 16.2 Å². The zero-order chi connectivity index (χ0) is 17.7. The van der Waals surface area contributed by atoms with Crippen molar-refractivity contribution < 1.29 is 19.5 Å². The van der Waals surface area contributed by atoms with Crippen molar-refractivity contribution >= 4 is 35.1 Å². The summed E-state index contributed by atoms with van der Waals surface area (Å²) in [7, 11) is 0. The van der Waals surface area contributed by atoms with Crippen LogP contribution in [0.25, 0.3) is 0 Å². The number of amides is 2. The zero-order valence-corrected chi connectivity index (χ0v) is 14.1. The summed E-state index contributed by atoms with van der Waals surface area (Å²) >= 11 is 5.97. The molecule has 0 spiro atoms. The van der Waals surface area contributed by atoms with Crippen molar-refractivity contribution in [2.75, 3.05) is 5.32 Å². The predicted octanol–water partition coefficient (Wildman–Crippen LogP) is 3.19. The number of rotatable bonds is 6. The first kappa shape index (κ1) is 18.3. The number of aliphatic carboxylic acids is 1. The molecule has 1 aromatic rings. The van der Waals surface area contributed by atoms with E-state index in [1.165, 1.54) is 12.1 Å². The van der Waals surface area contributed by atoms with E-state index in [9.17, 15) is 14.4 Å². The first-order valence-electron chi connectivity index (χ1n) is 7.92. The van der Waals surface area contributed by atoms with Crippen LogP contribution in [-0.4, -0.2) is 22.9 Å². The molecular weight excluding hydrogens is 332 g/mol. The Balaban J connectivity index is 2.06. The third-order valence-corrected chi connectivity index (χ3v) is 4.81. The van der Waals surface area contributed by atoms with E-state index in [0.717, 1.165) is 32.1 Å². The summed E-state index contributed by atoms with van der Waals surface area (Å²) in [6.07, 6.45) is 4.62. The molecule has 0 aliphatic heterocycles. The maximum atomic E-state index is 12.4. The lowest BCUT2D eigenvalue weighted by Gasteiger charge is -2.35. The van der Waals surface area contributed by atoms with Crippen LogP contribution in [0.5, 0.6) is 0 Å². The van der Waals surface area contributed by atoms with Gasteiger partial charge in [-0.3, -0.25) is 14.4 Å². The second-order valence-electron chi connectivity index (χ2n) is 6.42. The number of nitrogens with one attached hydrogen (secondary N) is 1. The van der Waals surface area contributed by atoms with Gasteiger partial charge in [-0.25, -0.2) is 0 Å². The number of hydrogen-bond acceptors (Lipinski definition) is 3. The summed E-state index contributed by atoms with van der Waals surface area (Å²) in [6, 6.07) is 4.47. The fraction of sp³-hybridized carbons (Fsp3) is 0.471. The molecule has 0 radical (unpaired) electrons. The molecular formula is C17H21ClN2O4. The predicted molar refractivity (Wildman–Crippen MR) is 91.0 cm³/mol. The molecule has 0 unspecified atom stereocenters. The van der Waals surface area contributed by atoms with E-state index in [1.54, 1.807) is 6.07 Å². The average Bonchev–Trinajstić information content (AvgIpc) is 2.46. The van der Waals surface area contributed by atoms with Crippen LogP contribution in [-0.2, 0) is 9.59 Å². The molecule has 24 heavy (non-hydrogen) atoms. The summed E-state index contributed by atoms with van der Waals surface area (Å²) in [5, 5.41) is 12.1. The fourth-order valence-corrected chi connectivity index (χ4v) is 3.65. The number of benzene rings is 1. The molecule has 4 N–H and O–H groups in total. The normalized spacial score (nSPS) is 16.4. The number of nitrogens with two attached hydrogens (primary N) is 1. The quantitative estimate of drug-likeness (QED) is 0.730. The molecule has 7 heteroatoms. The van der Waals surface area contributed by atoms with Crippen molar-refractivity contribution in [1.29, 1.82) is 0 Å². The second-order valence-corrected chi connectivity index (χ2v) is 6.82. The molecule has 1 aliphatic rings. The van der Waals surface area contributed by atoms with E-state index >= 15 is 0 Å². The first-order valence-corrected chi connectivity index (χ1v) is 8.30. The van der Waals surface area contributed by atoms with Gasteiger partial charge in [-0.15, -0.1) is 0 Å². The smallest absolute Gasteiger partial charge is 0.303 e. The number of primary amides is 1. The largest absolute Gasteiger partial charge is 0.481 e. The topological polar surface area (TPSA) is 109 Å². The van der Waals surface area contributed by atoms with Crippen LogP contribution < -0.4 is 11.1 Å². The Kier molecular flexibility index (Phi) is 5.83. The molecule has 130 valence electrons. The van der Waals surface area contributed by atoms with Gasteiger partial charge in [-0.05, 0) is 36.5 Å². The number of hydrogen-bond donors (Lipinski definition) is 3. The van der Waals surface area contributed by atoms with E-state index in [0.29, 0.717) is 5.69 Å². The summed E-state index contributed by atoms with van der Waals surface area (Å²) in [5.74, 6) is -1.76. The summed E-state index contributed by atoms with van der Waals surface area (Å²) < 4.78 is 0.